The highest BCUT2D eigenvalue weighted by atomic mass is 32.1. The molecule has 0 spiro atoms. The first-order valence-corrected chi connectivity index (χ1v) is 8.59. The fourth-order valence-corrected chi connectivity index (χ4v) is 4.19. The lowest BCUT2D eigenvalue weighted by atomic mass is 10.1. The summed E-state index contributed by atoms with van der Waals surface area (Å²) in [5, 5.41) is 23.9. The van der Waals surface area contributed by atoms with Crippen molar-refractivity contribution in [2.24, 2.45) is 0 Å². The summed E-state index contributed by atoms with van der Waals surface area (Å²) in [5.41, 5.74) is 2.91. The van der Waals surface area contributed by atoms with Gasteiger partial charge in [-0.05, 0) is 30.4 Å². The minimum Gasteiger partial charge on any atom is -0.388 e. The number of nitrogens with zero attached hydrogens (tertiary/aromatic N) is 2. The maximum absolute atomic E-state index is 10.1. The van der Waals surface area contributed by atoms with Gasteiger partial charge in [-0.25, -0.2) is 0 Å². The van der Waals surface area contributed by atoms with Gasteiger partial charge < -0.3 is 10.4 Å². The molecule has 0 saturated carbocycles. The van der Waals surface area contributed by atoms with Crippen LogP contribution in [0, 0.1) is 6.92 Å². The van der Waals surface area contributed by atoms with Crippen LogP contribution in [-0.2, 0) is 6.54 Å². The third-order valence-electron chi connectivity index (χ3n) is 3.46. The van der Waals surface area contributed by atoms with Crippen LogP contribution < -0.4 is 5.32 Å². The Morgan fingerprint density at radius 2 is 2.29 bits per heavy atom. The molecular formula is C15H17N3OS2. The second-order valence-electron chi connectivity index (χ2n) is 4.88. The molecule has 110 valence electrons. The van der Waals surface area contributed by atoms with Crippen LogP contribution in [0.25, 0.3) is 10.2 Å². The Morgan fingerprint density at radius 1 is 1.43 bits per heavy atom. The minimum atomic E-state index is -0.422. The maximum atomic E-state index is 10.1. The number of aliphatic hydroxyl groups excluding tert-OH is 1. The number of aromatic nitrogens is 2. The fourth-order valence-electron chi connectivity index (χ4n) is 2.25. The molecule has 0 aliphatic heterocycles. The molecule has 0 fully saturated rings. The maximum Gasteiger partial charge on any atom is 0.109 e. The van der Waals surface area contributed by atoms with E-state index in [1.807, 2.05) is 19.9 Å². The predicted molar refractivity (Wildman–Crippen MR) is 89.0 cm³/mol. The summed E-state index contributed by atoms with van der Waals surface area (Å²) in [4.78, 5) is 2.27. The van der Waals surface area contributed by atoms with E-state index in [4.69, 9.17) is 0 Å². The summed E-state index contributed by atoms with van der Waals surface area (Å²) in [6.07, 6.45) is 2.04. The van der Waals surface area contributed by atoms with Crippen LogP contribution in [0.4, 0.5) is 5.69 Å². The smallest absolute Gasteiger partial charge is 0.109 e. The quantitative estimate of drug-likeness (QED) is 0.743. The van der Waals surface area contributed by atoms with Crippen LogP contribution in [0.1, 0.15) is 34.8 Å². The van der Waals surface area contributed by atoms with Gasteiger partial charge in [-0.2, -0.15) is 5.10 Å². The molecular weight excluding hydrogens is 302 g/mol. The largest absolute Gasteiger partial charge is 0.388 e. The van der Waals surface area contributed by atoms with Crippen molar-refractivity contribution in [1.82, 2.24) is 10.2 Å². The van der Waals surface area contributed by atoms with Crippen molar-refractivity contribution in [1.29, 1.82) is 0 Å². The first kappa shape index (κ1) is 14.4. The van der Waals surface area contributed by atoms with Crippen LogP contribution in [0.15, 0.2) is 23.7 Å². The molecule has 1 atom stereocenters. The van der Waals surface area contributed by atoms with E-state index in [2.05, 4.69) is 27.0 Å². The van der Waals surface area contributed by atoms with Gasteiger partial charge in [0.25, 0.3) is 0 Å². The SMILES string of the molecule is CC[C@@H](O)c1sc2c(NCc3cccs3)cnnc2c1C. The molecule has 21 heavy (non-hydrogen) atoms. The Bertz CT molecular complexity index is 737. The second kappa shape index (κ2) is 6.09. The van der Waals surface area contributed by atoms with Crippen molar-refractivity contribution in [3.8, 4) is 0 Å². The standard InChI is InChI=1S/C15H17N3OS2/c1-3-12(19)14-9(2)13-15(21-14)11(8-17-18-13)16-7-10-5-4-6-20-10/h4-6,8,12,19H,3,7H2,1-2H3,(H,16,18)/t12-/m1/s1. The van der Waals surface area contributed by atoms with Crippen molar-refractivity contribution in [3.05, 3.63) is 39.0 Å². The van der Waals surface area contributed by atoms with Crippen LogP contribution >= 0.6 is 22.7 Å². The average molecular weight is 319 g/mol. The van der Waals surface area contributed by atoms with E-state index in [1.165, 1.54) is 4.88 Å². The van der Waals surface area contributed by atoms with E-state index in [-0.39, 0.29) is 0 Å². The molecule has 0 radical (unpaired) electrons. The third-order valence-corrected chi connectivity index (χ3v) is 5.76. The van der Waals surface area contributed by atoms with Crippen molar-refractivity contribution in [2.75, 3.05) is 5.32 Å². The number of thiophene rings is 2. The molecule has 3 aromatic rings. The Morgan fingerprint density at radius 3 is 3.00 bits per heavy atom. The number of hydrogen-bond donors (Lipinski definition) is 2. The van der Waals surface area contributed by atoms with E-state index in [9.17, 15) is 5.11 Å². The van der Waals surface area contributed by atoms with Gasteiger partial charge in [0.05, 0.1) is 22.7 Å². The molecule has 0 amide bonds. The molecule has 0 bridgehead atoms. The molecule has 2 N–H and O–H groups in total. The van der Waals surface area contributed by atoms with Gasteiger partial charge in [-0.1, -0.05) is 13.0 Å². The molecule has 0 saturated heterocycles. The molecule has 0 aliphatic carbocycles. The van der Waals surface area contributed by atoms with Crippen molar-refractivity contribution in [2.45, 2.75) is 32.9 Å². The summed E-state index contributed by atoms with van der Waals surface area (Å²) < 4.78 is 1.07. The minimum absolute atomic E-state index is 0.422. The van der Waals surface area contributed by atoms with Crippen LogP contribution in [0.3, 0.4) is 0 Å². The van der Waals surface area contributed by atoms with Gasteiger partial charge in [0.1, 0.15) is 5.52 Å². The predicted octanol–water partition coefficient (Wildman–Crippen LogP) is 4.12. The fraction of sp³-hybridized carbons (Fsp3) is 0.333. The number of anilines is 1. The van der Waals surface area contributed by atoms with Gasteiger partial charge in [-0.15, -0.1) is 27.8 Å². The molecule has 6 heteroatoms. The van der Waals surface area contributed by atoms with Crippen molar-refractivity contribution >= 4 is 38.6 Å². The summed E-state index contributed by atoms with van der Waals surface area (Å²) in [7, 11) is 0. The third kappa shape index (κ3) is 2.79. The first-order valence-electron chi connectivity index (χ1n) is 6.89. The summed E-state index contributed by atoms with van der Waals surface area (Å²) in [6.45, 7) is 4.77. The van der Waals surface area contributed by atoms with Gasteiger partial charge in [0.2, 0.25) is 0 Å². The molecule has 3 aromatic heterocycles. The van der Waals surface area contributed by atoms with Gasteiger partial charge in [-0.3, -0.25) is 0 Å². The molecule has 0 unspecified atom stereocenters. The van der Waals surface area contributed by atoms with E-state index in [1.54, 1.807) is 28.9 Å². The first-order chi connectivity index (χ1) is 10.2. The highest BCUT2D eigenvalue weighted by Crippen LogP contribution is 2.38. The Labute approximate surface area is 131 Å². The van der Waals surface area contributed by atoms with E-state index in [0.717, 1.165) is 32.9 Å². The molecule has 0 aliphatic rings. The van der Waals surface area contributed by atoms with E-state index < -0.39 is 6.10 Å². The summed E-state index contributed by atoms with van der Waals surface area (Å²) >= 11 is 3.34. The van der Waals surface area contributed by atoms with Gasteiger partial charge >= 0.3 is 0 Å². The molecule has 3 rings (SSSR count). The van der Waals surface area contributed by atoms with Crippen molar-refractivity contribution < 1.29 is 5.11 Å². The number of rotatable bonds is 5. The highest BCUT2D eigenvalue weighted by molar-refractivity contribution is 7.20. The number of hydrogen-bond acceptors (Lipinski definition) is 6. The zero-order valence-corrected chi connectivity index (χ0v) is 13.6. The molecule has 3 heterocycles. The monoisotopic (exact) mass is 319 g/mol. The van der Waals surface area contributed by atoms with Crippen LogP contribution in [0.2, 0.25) is 0 Å². The number of aryl methyl sites for hydroxylation is 1. The normalized spacial score (nSPS) is 12.7. The highest BCUT2D eigenvalue weighted by Gasteiger charge is 2.18. The Kier molecular flexibility index (Phi) is 4.19. The van der Waals surface area contributed by atoms with E-state index in [0.29, 0.717) is 6.42 Å². The van der Waals surface area contributed by atoms with Crippen molar-refractivity contribution in [3.63, 3.8) is 0 Å². The molecule has 4 nitrogen and oxygen atoms in total. The second-order valence-corrected chi connectivity index (χ2v) is 6.97. The number of nitrogens with one attached hydrogen (secondary N) is 1. The topological polar surface area (TPSA) is 58.0 Å². The zero-order chi connectivity index (χ0) is 14.8. The zero-order valence-electron chi connectivity index (χ0n) is 12.0. The van der Waals surface area contributed by atoms with Crippen LogP contribution in [0.5, 0.6) is 0 Å². The average Bonchev–Trinajstić information content (AvgIpc) is 3.13. The number of fused-ring (bicyclic) bond motifs is 1. The number of aliphatic hydroxyl groups is 1. The molecule has 0 aromatic carbocycles. The van der Waals surface area contributed by atoms with E-state index >= 15 is 0 Å². The van der Waals surface area contributed by atoms with Gasteiger partial charge in [0, 0.05) is 16.3 Å². The summed E-state index contributed by atoms with van der Waals surface area (Å²) in [5.74, 6) is 0. The lowest BCUT2D eigenvalue weighted by molar-refractivity contribution is 0.177. The lowest BCUT2D eigenvalue weighted by Crippen LogP contribution is -1.98. The lowest BCUT2D eigenvalue weighted by Gasteiger charge is -2.05. The van der Waals surface area contributed by atoms with Gasteiger partial charge in [0.15, 0.2) is 0 Å². The Hall–Kier alpha value is -1.50. The Balaban J connectivity index is 1.95. The summed E-state index contributed by atoms with van der Waals surface area (Å²) in [6, 6.07) is 4.16. The van der Waals surface area contributed by atoms with Crippen LogP contribution in [-0.4, -0.2) is 15.3 Å².